The van der Waals surface area contributed by atoms with E-state index in [4.69, 9.17) is 0 Å². The zero-order valence-corrected chi connectivity index (χ0v) is 20.6. The molecule has 35 heavy (non-hydrogen) atoms. The van der Waals surface area contributed by atoms with Crippen molar-refractivity contribution in [2.24, 2.45) is 0 Å². The Bertz CT molecular complexity index is 1610. The molecule has 3 aromatic carbocycles. The average molecular weight is 484 g/mol. The van der Waals surface area contributed by atoms with E-state index in [-0.39, 0.29) is 17.2 Å². The molecule has 0 aliphatic rings. The van der Waals surface area contributed by atoms with Gasteiger partial charge in [-0.1, -0.05) is 66.4 Å². The molecule has 176 valence electrons. The van der Waals surface area contributed by atoms with E-state index in [1.54, 1.807) is 16.5 Å². The summed E-state index contributed by atoms with van der Waals surface area (Å²) in [6.45, 7) is 4.55. The van der Waals surface area contributed by atoms with Crippen molar-refractivity contribution in [1.82, 2.24) is 24.1 Å². The maximum Gasteiger partial charge on any atom is 0.267 e. The van der Waals surface area contributed by atoms with Gasteiger partial charge in [0.2, 0.25) is 11.7 Å². The number of aromatic nitrogens is 4. The number of thioether (sulfide) groups is 1. The normalized spacial score (nSPS) is 11.3. The fourth-order valence-corrected chi connectivity index (χ4v) is 5.03. The molecule has 0 N–H and O–H groups in total. The van der Waals surface area contributed by atoms with Gasteiger partial charge in [0.05, 0.1) is 22.3 Å². The highest BCUT2D eigenvalue weighted by atomic mass is 32.2. The van der Waals surface area contributed by atoms with Crippen LogP contribution in [0.5, 0.6) is 0 Å². The molecule has 0 bridgehead atoms. The lowest BCUT2D eigenvalue weighted by Crippen LogP contribution is -2.27. The minimum absolute atomic E-state index is 0.0113. The van der Waals surface area contributed by atoms with Gasteiger partial charge in [0, 0.05) is 13.6 Å². The summed E-state index contributed by atoms with van der Waals surface area (Å²) >= 11 is 1.32. The van der Waals surface area contributed by atoms with Crippen LogP contribution in [0.25, 0.3) is 22.4 Å². The maximum atomic E-state index is 13.6. The van der Waals surface area contributed by atoms with Crippen molar-refractivity contribution in [2.75, 3.05) is 12.8 Å². The molecular weight excluding hydrogens is 458 g/mol. The average Bonchev–Trinajstić information content (AvgIpc) is 3.29. The van der Waals surface area contributed by atoms with Gasteiger partial charge >= 0.3 is 0 Å². The first kappa shape index (κ1) is 22.9. The monoisotopic (exact) mass is 483 g/mol. The number of carbonyl (C=O) groups excluding carboxylic acids is 1. The summed E-state index contributed by atoms with van der Waals surface area (Å²) in [6, 6.07) is 23.2. The lowest BCUT2D eigenvalue weighted by Gasteiger charge is -2.17. The number of amides is 1. The van der Waals surface area contributed by atoms with Gasteiger partial charge in [-0.2, -0.15) is 0 Å². The van der Waals surface area contributed by atoms with Crippen molar-refractivity contribution < 1.29 is 4.79 Å². The number of rotatable bonds is 6. The first-order valence-electron chi connectivity index (χ1n) is 11.3. The standard InChI is InChI=1S/C27H25N5O2S/c1-18-10-9-15-22(19(18)2)31-25(34)21-13-7-8-14-23(21)32-26(31)28-29-27(32)35-17-24(33)30(3)16-20-11-5-4-6-12-20/h4-15H,16-17H2,1-3H3. The highest BCUT2D eigenvalue weighted by Crippen LogP contribution is 2.25. The molecule has 0 atom stereocenters. The summed E-state index contributed by atoms with van der Waals surface area (Å²) in [4.78, 5) is 28.1. The van der Waals surface area contributed by atoms with E-state index in [1.807, 2.05) is 91.0 Å². The lowest BCUT2D eigenvalue weighted by atomic mass is 10.1. The fourth-order valence-electron chi connectivity index (χ4n) is 4.15. The summed E-state index contributed by atoms with van der Waals surface area (Å²) in [6.07, 6.45) is 0. The third kappa shape index (κ3) is 4.21. The van der Waals surface area contributed by atoms with E-state index >= 15 is 0 Å². The van der Waals surface area contributed by atoms with Gasteiger partial charge < -0.3 is 4.90 Å². The number of carbonyl (C=O) groups is 1. The van der Waals surface area contributed by atoms with Crippen LogP contribution in [0.4, 0.5) is 0 Å². The van der Waals surface area contributed by atoms with Crippen LogP contribution >= 0.6 is 11.8 Å². The van der Waals surface area contributed by atoms with Crippen LogP contribution < -0.4 is 5.56 Å². The largest absolute Gasteiger partial charge is 0.341 e. The van der Waals surface area contributed by atoms with Crippen molar-refractivity contribution in [2.45, 2.75) is 25.5 Å². The van der Waals surface area contributed by atoms with Gasteiger partial charge in [-0.25, -0.2) is 4.57 Å². The predicted molar refractivity (Wildman–Crippen MR) is 139 cm³/mol. The highest BCUT2D eigenvalue weighted by molar-refractivity contribution is 7.99. The molecule has 0 spiro atoms. The third-order valence-corrected chi connectivity index (χ3v) is 7.14. The van der Waals surface area contributed by atoms with Crippen LogP contribution in [0.3, 0.4) is 0 Å². The molecule has 5 aromatic rings. The van der Waals surface area contributed by atoms with Gasteiger partial charge in [0.25, 0.3) is 5.56 Å². The van der Waals surface area contributed by atoms with Gasteiger partial charge in [-0.15, -0.1) is 10.2 Å². The highest BCUT2D eigenvalue weighted by Gasteiger charge is 2.20. The van der Waals surface area contributed by atoms with E-state index in [9.17, 15) is 9.59 Å². The van der Waals surface area contributed by atoms with Gasteiger partial charge in [0.15, 0.2) is 5.16 Å². The number of hydrogen-bond donors (Lipinski definition) is 0. The first-order valence-corrected chi connectivity index (χ1v) is 12.3. The first-order chi connectivity index (χ1) is 17.0. The van der Waals surface area contributed by atoms with E-state index in [0.717, 1.165) is 22.4 Å². The number of aryl methyl sites for hydroxylation is 1. The molecule has 2 aromatic heterocycles. The van der Waals surface area contributed by atoms with Crippen molar-refractivity contribution in [1.29, 1.82) is 0 Å². The molecule has 1 amide bonds. The minimum atomic E-state index is -0.149. The Hall–Kier alpha value is -3.91. The second kappa shape index (κ2) is 9.38. The van der Waals surface area contributed by atoms with Crippen LogP contribution in [-0.4, -0.2) is 42.8 Å². The van der Waals surface area contributed by atoms with Crippen molar-refractivity contribution in [3.05, 3.63) is 99.8 Å². The zero-order chi connectivity index (χ0) is 24.5. The Kier molecular flexibility index (Phi) is 6.13. The van der Waals surface area contributed by atoms with Gasteiger partial charge in [-0.3, -0.25) is 14.0 Å². The number of nitrogens with zero attached hydrogens (tertiary/aromatic N) is 5. The molecule has 2 heterocycles. The van der Waals surface area contributed by atoms with Crippen LogP contribution in [0.1, 0.15) is 16.7 Å². The molecule has 0 aliphatic heterocycles. The molecule has 7 nitrogen and oxygen atoms in total. The molecule has 0 saturated heterocycles. The molecule has 0 aliphatic carbocycles. The Labute approximate surface area is 207 Å². The van der Waals surface area contributed by atoms with E-state index in [1.165, 1.54) is 11.8 Å². The molecule has 0 unspecified atom stereocenters. The van der Waals surface area contributed by atoms with Crippen LogP contribution in [-0.2, 0) is 11.3 Å². The SMILES string of the molecule is Cc1cccc(-n2c(=O)c3ccccc3n3c(SCC(=O)N(C)Cc4ccccc4)nnc23)c1C. The Morgan fingerprint density at radius 3 is 2.49 bits per heavy atom. The van der Waals surface area contributed by atoms with E-state index in [2.05, 4.69) is 10.2 Å². The van der Waals surface area contributed by atoms with Crippen LogP contribution in [0.15, 0.2) is 82.7 Å². The summed E-state index contributed by atoms with van der Waals surface area (Å²) < 4.78 is 3.48. The molecule has 0 radical (unpaired) electrons. The van der Waals surface area contributed by atoms with Crippen LogP contribution in [0, 0.1) is 13.8 Å². The zero-order valence-electron chi connectivity index (χ0n) is 19.8. The minimum Gasteiger partial charge on any atom is -0.341 e. The van der Waals surface area contributed by atoms with E-state index < -0.39 is 0 Å². The van der Waals surface area contributed by atoms with E-state index in [0.29, 0.717) is 28.4 Å². The molecule has 5 rings (SSSR count). The molecule has 0 fully saturated rings. The molecule has 0 saturated carbocycles. The number of fused-ring (bicyclic) bond motifs is 3. The Balaban J connectivity index is 1.54. The third-order valence-electron chi connectivity index (χ3n) is 6.22. The summed E-state index contributed by atoms with van der Waals surface area (Å²) in [5.41, 5.74) is 4.50. The molecular formula is C27H25N5O2S. The number of para-hydroxylation sites is 1. The van der Waals surface area contributed by atoms with Gasteiger partial charge in [0.1, 0.15) is 0 Å². The molecule has 8 heteroatoms. The number of hydrogen-bond acceptors (Lipinski definition) is 5. The second-order valence-electron chi connectivity index (χ2n) is 8.52. The summed E-state index contributed by atoms with van der Waals surface area (Å²) in [5.74, 6) is 0.624. The Morgan fingerprint density at radius 2 is 1.69 bits per heavy atom. The van der Waals surface area contributed by atoms with Crippen molar-refractivity contribution in [3.8, 4) is 5.69 Å². The fraction of sp³-hybridized carbons (Fsp3) is 0.185. The second-order valence-corrected chi connectivity index (χ2v) is 9.46. The number of benzene rings is 3. The Morgan fingerprint density at radius 1 is 0.943 bits per heavy atom. The maximum absolute atomic E-state index is 13.6. The van der Waals surface area contributed by atoms with Crippen LogP contribution in [0.2, 0.25) is 0 Å². The summed E-state index contributed by atoms with van der Waals surface area (Å²) in [5, 5.41) is 9.91. The lowest BCUT2D eigenvalue weighted by molar-refractivity contribution is -0.127. The summed E-state index contributed by atoms with van der Waals surface area (Å²) in [7, 11) is 1.80. The topological polar surface area (TPSA) is 72.5 Å². The van der Waals surface area contributed by atoms with Crippen molar-refractivity contribution in [3.63, 3.8) is 0 Å². The quantitative estimate of drug-likeness (QED) is 0.335. The predicted octanol–water partition coefficient (Wildman–Crippen LogP) is 4.40. The smallest absolute Gasteiger partial charge is 0.267 e. The van der Waals surface area contributed by atoms with Crippen molar-refractivity contribution >= 4 is 34.3 Å². The van der Waals surface area contributed by atoms with Gasteiger partial charge in [-0.05, 0) is 48.7 Å².